The van der Waals surface area contributed by atoms with Gasteiger partial charge in [0.25, 0.3) is 0 Å². The van der Waals surface area contributed by atoms with Gasteiger partial charge in [-0.05, 0) is 24.6 Å². The Morgan fingerprint density at radius 2 is 2.08 bits per heavy atom. The highest BCUT2D eigenvalue weighted by atomic mass is 35.5. The molecule has 0 amide bonds. The number of ketones is 1. The fourth-order valence-electron chi connectivity index (χ4n) is 0.965. The van der Waals surface area contributed by atoms with Gasteiger partial charge in [-0.3, -0.25) is 4.79 Å². The van der Waals surface area contributed by atoms with Crippen LogP contribution in [0.15, 0.2) is 12.1 Å². The molecule has 0 N–H and O–H groups in total. The van der Waals surface area contributed by atoms with Crippen molar-refractivity contribution in [1.82, 2.24) is 0 Å². The number of hydrogen-bond acceptors (Lipinski definition) is 1. The van der Waals surface area contributed by atoms with Crippen LogP contribution in [0.5, 0.6) is 0 Å². The molecule has 0 heterocycles. The zero-order valence-corrected chi connectivity index (χ0v) is 7.66. The van der Waals surface area contributed by atoms with Gasteiger partial charge in [-0.25, -0.2) is 8.78 Å². The molecule has 0 radical (unpaired) electrons. The number of carbonyl (C=O) groups excluding carboxylic acids is 1. The number of rotatable bonds is 2. The number of hydrogen-bond donors (Lipinski definition) is 0. The first-order chi connectivity index (χ1) is 6.06. The highest BCUT2D eigenvalue weighted by Crippen LogP contribution is 2.14. The zero-order valence-electron chi connectivity index (χ0n) is 6.90. The van der Waals surface area contributed by atoms with Crippen molar-refractivity contribution in [2.75, 3.05) is 5.88 Å². The Morgan fingerprint density at radius 3 is 2.54 bits per heavy atom. The summed E-state index contributed by atoms with van der Waals surface area (Å²) in [5.74, 6) is -2.59. The van der Waals surface area contributed by atoms with Crippen molar-refractivity contribution in [3.05, 3.63) is 34.9 Å². The van der Waals surface area contributed by atoms with E-state index in [2.05, 4.69) is 0 Å². The van der Waals surface area contributed by atoms with Crippen molar-refractivity contribution in [2.45, 2.75) is 6.92 Å². The number of halogens is 3. The average Bonchev–Trinajstić information content (AvgIpc) is 2.12. The largest absolute Gasteiger partial charge is 0.293 e. The van der Waals surface area contributed by atoms with E-state index < -0.39 is 17.4 Å². The van der Waals surface area contributed by atoms with Crippen molar-refractivity contribution in [3.8, 4) is 0 Å². The standard InChI is InChI=1S/C9H7ClF2O/c1-5-2-6(8(13)4-10)3-7(11)9(5)12/h2-3H,4H2,1H3. The lowest BCUT2D eigenvalue weighted by atomic mass is 10.1. The van der Waals surface area contributed by atoms with Gasteiger partial charge in [-0.2, -0.15) is 0 Å². The van der Waals surface area contributed by atoms with E-state index in [9.17, 15) is 13.6 Å². The summed E-state index contributed by atoms with van der Waals surface area (Å²) in [5, 5.41) is 0. The molecule has 0 aliphatic rings. The third-order valence-corrected chi connectivity index (χ3v) is 1.90. The summed E-state index contributed by atoms with van der Waals surface area (Å²) in [5.41, 5.74) is 0.208. The maximum atomic E-state index is 12.8. The minimum absolute atomic E-state index is 0.103. The summed E-state index contributed by atoms with van der Waals surface area (Å²) >= 11 is 5.27. The lowest BCUT2D eigenvalue weighted by Crippen LogP contribution is -2.03. The summed E-state index contributed by atoms with van der Waals surface area (Å²) in [4.78, 5) is 11.0. The Kier molecular flexibility index (Phi) is 2.98. The van der Waals surface area contributed by atoms with Crippen molar-refractivity contribution in [2.24, 2.45) is 0 Å². The molecular formula is C9H7ClF2O. The van der Waals surface area contributed by atoms with Crippen LogP contribution in [0.2, 0.25) is 0 Å². The van der Waals surface area contributed by atoms with E-state index in [4.69, 9.17) is 11.6 Å². The Labute approximate surface area is 79.3 Å². The fourth-order valence-corrected chi connectivity index (χ4v) is 1.12. The molecule has 0 bridgehead atoms. The monoisotopic (exact) mass is 204 g/mol. The van der Waals surface area contributed by atoms with Crippen LogP contribution in [-0.4, -0.2) is 11.7 Å². The summed E-state index contributed by atoms with van der Waals surface area (Å²) in [7, 11) is 0. The molecule has 0 aromatic heterocycles. The second-order valence-corrected chi connectivity index (χ2v) is 2.91. The van der Waals surface area contributed by atoms with E-state index in [-0.39, 0.29) is 17.0 Å². The number of Topliss-reactive ketones (excluding diaryl/α,β-unsaturated/α-hetero) is 1. The van der Waals surface area contributed by atoms with Crippen molar-refractivity contribution in [1.29, 1.82) is 0 Å². The Hall–Kier alpha value is -0.960. The summed E-state index contributed by atoms with van der Waals surface area (Å²) in [6.45, 7) is 1.39. The minimum Gasteiger partial charge on any atom is -0.293 e. The third kappa shape index (κ3) is 2.04. The van der Waals surface area contributed by atoms with Gasteiger partial charge < -0.3 is 0 Å². The van der Waals surface area contributed by atoms with Gasteiger partial charge in [0.1, 0.15) is 0 Å². The molecule has 0 atom stereocenters. The molecule has 70 valence electrons. The first-order valence-electron chi connectivity index (χ1n) is 3.61. The zero-order chi connectivity index (χ0) is 10.0. The molecule has 4 heteroatoms. The molecule has 0 aliphatic carbocycles. The fraction of sp³-hybridized carbons (Fsp3) is 0.222. The van der Waals surface area contributed by atoms with E-state index in [1.54, 1.807) is 0 Å². The average molecular weight is 205 g/mol. The van der Waals surface area contributed by atoms with Gasteiger partial charge in [0.2, 0.25) is 0 Å². The second-order valence-electron chi connectivity index (χ2n) is 2.65. The van der Waals surface area contributed by atoms with Crippen LogP contribution in [0.1, 0.15) is 15.9 Å². The van der Waals surface area contributed by atoms with Crippen LogP contribution >= 0.6 is 11.6 Å². The van der Waals surface area contributed by atoms with Gasteiger partial charge in [0, 0.05) is 5.56 Å². The smallest absolute Gasteiger partial charge is 0.177 e. The Bertz CT molecular complexity index is 326. The summed E-state index contributed by atoms with van der Waals surface area (Å²) in [6.07, 6.45) is 0. The van der Waals surface area contributed by atoms with Gasteiger partial charge >= 0.3 is 0 Å². The predicted octanol–water partition coefficient (Wildman–Crippen LogP) is 2.69. The molecule has 0 saturated heterocycles. The highest BCUT2D eigenvalue weighted by molar-refractivity contribution is 6.30. The summed E-state index contributed by atoms with van der Waals surface area (Å²) in [6, 6.07) is 2.14. The minimum atomic E-state index is -1.02. The van der Waals surface area contributed by atoms with E-state index in [1.165, 1.54) is 13.0 Å². The van der Waals surface area contributed by atoms with Crippen molar-refractivity contribution >= 4 is 17.4 Å². The molecule has 1 nitrogen and oxygen atoms in total. The number of aryl methyl sites for hydroxylation is 1. The van der Waals surface area contributed by atoms with Crippen LogP contribution in [0, 0.1) is 18.6 Å². The van der Waals surface area contributed by atoms with E-state index in [0.29, 0.717) is 0 Å². The first-order valence-corrected chi connectivity index (χ1v) is 4.14. The van der Waals surface area contributed by atoms with Gasteiger partial charge in [0.05, 0.1) is 5.88 Å². The van der Waals surface area contributed by atoms with Crippen LogP contribution in [0.3, 0.4) is 0 Å². The summed E-state index contributed by atoms with van der Waals surface area (Å²) < 4.78 is 25.5. The Balaban J connectivity index is 3.20. The quantitative estimate of drug-likeness (QED) is 0.535. The van der Waals surface area contributed by atoms with Crippen LogP contribution in [0.4, 0.5) is 8.78 Å². The van der Waals surface area contributed by atoms with Gasteiger partial charge in [-0.1, -0.05) is 0 Å². The van der Waals surface area contributed by atoms with Gasteiger partial charge in [-0.15, -0.1) is 11.6 Å². The molecule has 1 aromatic rings. The molecule has 0 fully saturated rings. The number of carbonyl (C=O) groups is 1. The van der Waals surface area contributed by atoms with Crippen LogP contribution in [-0.2, 0) is 0 Å². The number of alkyl halides is 1. The second kappa shape index (κ2) is 3.83. The lowest BCUT2D eigenvalue weighted by molar-refractivity contribution is 0.102. The molecule has 0 unspecified atom stereocenters. The molecule has 1 rings (SSSR count). The molecule has 1 aromatic carbocycles. The topological polar surface area (TPSA) is 17.1 Å². The normalized spacial score (nSPS) is 10.2. The van der Waals surface area contributed by atoms with Gasteiger partial charge in [0.15, 0.2) is 17.4 Å². The van der Waals surface area contributed by atoms with E-state index in [1.807, 2.05) is 0 Å². The molecule has 0 aliphatic heterocycles. The van der Waals surface area contributed by atoms with Crippen LogP contribution in [0.25, 0.3) is 0 Å². The molecule has 13 heavy (non-hydrogen) atoms. The third-order valence-electron chi connectivity index (χ3n) is 1.65. The maximum Gasteiger partial charge on any atom is 0.177 e. The van der Waals surface area contributed by atoms with Crippen molar-refractivity contribution in [3.63, 3.8) is 0 Å². The highest BCUT2D eigenvalue weighted by Gasteiger charge is 2.11. The SMILES string of the molecule is Cc1cc(C(=O)CCl)cc(F)c1F. The lowest BCUT2D eigenvalue weighted by Gasteiger charge is -2.01. The Morgan fingerprint density at radius 1 is 1.46 bits per heavy atom. The van der Waals surface area contributed by atoms with Crippen LogP contribution < -0.4 is 0 Å². The molecule has 0 spiro atoms. The van der Waals surface area contributed by atoms with E-state index in [0.717, 1.165) is 6.07 Å². The van der Waals surface area contributed by atoms with E-state index >= 15 is 0 Å². The predicted molar refractivity (Wildman–Crippen MR) is 46.1 cm³/mol. The molecule has 0 saturated carbocycles. The molecular weight excluding hydrogens is 198 g/mol. The maximum absolute atomic E-state index is 12.8. The number of benzene rings is 1. The first kappa shape index (κ1) is 10.1. The van der Waals surface area contributed by atoms with Crippen molar-refractivity contribution < 1.29 is 13.6 Å².